The molecule has 0 saturated carbocycles. The summed E-state index contributed by atoms with van der Waals surface area (Å²) in [7, 11) is 4.09. The van der Waals surface area contributed by atoms with Gasteiger partial charge in [0.15, 0.2) is 0 Å². The minimum Gasteiger partial charge on any atom is -0.450 e. The Morgan fingerprint density at radius 3 is 2.54 bits per heavy atom. The summed E-state index contributed by atoms with van der Waals surface area (Å²) >= 11 is 0. The maximum absolute atomic E-state index is 12.7. The van der Waals surface area contributed by atoms with E-state index in [1.54, 1.807) is 29.1 Å². The average molecular weight is 363 g/mol. The molecule has 2 rings (SSSR count). The van der Waals surface area contributed by atoms with Crippen LogP contribution in [0.5, 0.6) is 0 Å². The number of hydrogen-bond acceptors (Lipinski definition) is 6. The number of ether oxygens (including phenoxy) is 1. The van der Waals surface area contributed by atoms with E-state index in [0.717, 1.165) is 25.2 Å². The first kappa shape index (κ1) is 20.0. The SMILES string of the molecule is CCOC(=O)N1CCN(C(=O)c2cncc(NCCCN(C)C)c2)CC1. The van der Waals surface area contributed by atoms with E-state index in [-0.39, 0.29) is 12.0 Å². The second-order valence-electron chi connectivity index (χ2n) is 6.52. The molecule has 1 saturated heterocycles. The van der Waals surface area contributed by atoms with Gasteiger partial charge < -0.3 is 24.8 Å². The average Bonchev–Trinajstić information content (AvgIpc) is 2.65. The lowest BCUT2D eigenvalue weighted by atomic mass is 10.2. The van der Waals surface area contributed by atoms with Crippen LogP contribution in [0.2, 0.25) is 0 Å². The van der Waals surface area contributed by atoms with Crippen molar-refractivity contribution in [1.82, 2.24) is 19.7 Å². The van der Waals surface area contributed by atoms with Crippen molar-refractivity contribution in [3.8, 4) is 0 Å². The predicted octanol–water partition coefficient (Wildman–Crippen LogP) is 1.36. The number of carbonyl (C=O) groups excluding carboxylic acids is 2. The van der Waals surface area contributed by atoms with Gasteiger partial charge in [0, 0.05) is 45.1 Å². The molecule has 0 aromatic carbocycles. The van der Waals surface area contributed by atoms with E-state index in [1.807, 2.05) is 20.2 Å². The summed E-state index contributed by atoms with van der Waals surface area (Å²) in [6.45, 7) is 5.95. The molecule has 1 fully saturated rings. The molecule has 0 spiro atoms. The van der Waals surface area contributed by atoms with Crippen LogP contribution in [0.4, 0.5) is 10.5 Å². The zero-order valence-corrected chi connectivity index (χ0v) is 15.9. The Balaban J connectivity index is 1.86. The summed E-state index contributed by atoms with van der Waals surface area (Å²) in [5, 5.41) is 3.30. The zero-order chi connectivity index (χ0) is 18.9. The van der Waals surface area contributed by atoms with Gasteiger partial charge in [-0.15, -0.1) is 0 Å². The Kier molecular flexibility index (Phi) is 7.65. The standard InChI is InChI=1S/C18H29N5O3/c1-4-26-18(25)23-10-8-22(9-11-23)17(24)15-12-16(14-19-13-15)20-6-5-7-21(2)3/h12-14,20H,4-11H2,1-3H3. The molecule has 2 amide bonds. The van der Waals surface area contributed by atoms with Crippen LogP contribution >= 0.6 is 0 Å². The number of piperazine rings is 1. The van der Waals surface area contributed by atoms with Crippen LogP contribution in [0.1, 0.15) is 23.7 Å². The van der Waals surface area contributed by atoms with Crippen LogP contribution < -0.4 is 5.32 Å². The molecule has 1 aromatic heterocycles. The number of aromatic nitrogens is 1. The lowest BCUT2D eigenvalue weighted by molar-refractivity contribution is 0.0570. The number of rotatable bonds is 7. The molecule has 144 valence electrons. The third-order valence-electron chi connectivity index (χ3n) is 4.19. The molecule has 0 unspecified atom stereocenters. The second kappa shape index (κ2) is 9.96. The fraction of sp³-hybridized carbons (Fsp3) is 0.611. The molecular formula is C18H29N5O3. The van der Waals surface area contributed by atoms with Gasteiger partial charge in [0.1, 0.15) is 0 Å². The first-order chi connectivity index (χ1) is 12.5. The second-order valence-corrected chi connectivity index (χ2v) is 6.52. The first-order valence-corrected chi connectivity index (χ1v) is 9.06. The van der Waals surface area contributed by atoms with Crippen LogP contribution in [0.25, 0.3) is 0 Å². The predicted molar refractivity (Wildman–Crippen MR) is 100 cm³/mol. The zero-order valence-electron chi connectivity index (χ0n) is 15.9. The Bertz CT molecular complexity index is 600. The van der Waals surface area contributed by atoms with E-state index in [0.29, 0.717) is 38.3 Å². The Hall–Kier alpha value is -2.35. The van der Waals surface area contributed by atoms with Crippen molar-refractivity contribution in [1.29, 1.82) is 0 Å². The molecule has 1 aliphatic heterocycles. The fourth-order valence-corrected chi connectivity index (χ4v) is 2.77. The molecule has 0 bridgehead atoms. The van der Waals surface area contributed by atoms with E-state index in [1.165, 1.54) is 0 Å². The van der Waals surface area contributed by atoms with Gasteiger partial charge in [-0.3, -0.25) is 9.78 Å². The number of pyridine rings is 1. The summed E-state index contributed by atoms with van der Waals surface area (Å²) in [6.07, 6.45) is 4.02. The molecule has 1 aliphatic rings. The smallest absolute Gasteiger partial charge is 0.409 e. The van der Waals surface area contributed by atoms with Crippen molar-refractivity contribution < 1.29 is 14.3 Å². The van der Waals surface area contributed by atoms with Crippen molar-refractivity contribution in [2.45, 2.75) is 13.3 Å². The van der Waals surface area contributed by atoms with Crippen molar-refractivity contribution in [3.05, 3.63) is 24.0 Å². The summed E-state index contributed by atoms with van der Waals surface area (Å²) in [6, 6.07) is 1.84. The van der Waals surface area contributed by atoms with Crippen LogP contribution in [-0.2, 0) is 4.74 Å². The lowest BCUT2D eigenvalue weighted by Gasteiger charge is -2.34. The van der Waals surface area contributed by atoms with Crippen LogP contribution in [0.3, 0.4) is 0 Å². The minimum atomic E-state index is -0.315. The number of hydrogen-bond donors (Lipinski definition) is 1. The molecule has 1 aromatic rings. The molecular weight excluding hydrogens is 334 g/mol. The van der Waals surface area contributed by atoms with Crippen molar-refractivity contribution in [2.24, 2.45) is 0 Å². The molecule has 0 aliphatic carbocycles. The van der Waals surface area contributed by atoms with Crippen LogP contribution in [0, 0.1) is 0 Å². The maximum atomic E-state index is 12.7. The number of carbonyl (C=O) groups is 2. The molecule has 26 heavy (non-hydrogen) atoms. The van der Waals surface area contributed by atoms with E-state index >= 15 is 0 Å². The lowest BCUT2D eigenvalue weighted by Crippen LogP contribution is -2.50. The normalized spacial score (nSPS) is 14.5. The third-order valence-corrected chi connectivity index (χ3v) is 4.19. The highest BCUT2D eigenvalue weighted by Gasteiger charge is 2.25. The van der Waals surface area contributed by atoms with Crippen LogP contribution in [-0.4, -0.2) is 91.7 Å². The highest BCUT2D eigenvalue weighted by Crippen LogP contribution is 2.13. The van der Waals surface area contributed by atoms with Gasteiger partial charge in [-0.05, 0) is 40.1 Å². The first-order valence-electron chi connectivity index (χ1n) is 9.06. The highest BCUT2D eigenvalue weighted by atomic mass is 16.6. The van der Waals surface area contributed by atoms with E-state index in [2.05, 4.69) is 15.2 Å². The molecule has 8 nitrogen and oxygen atoms in total. The molecule has 1 N–H and O–H groups in total. The van der Waals surface area contributed by atoms with E-state index in [9.17, 15) is 9.59 Å². The van der Waals surface area contributed by atoms with Gasteiger partial charge in [-0.1, -0.05) is 0 Å². The summed E-state index contributed by atoms with van der Waals surface area (Å²) < 4.78 is 5.00. The Morgan fingerprint density at radius 2 is 1.88 bits per heavy atom. The monoisotopic (exact) mass is 363 g/mol. The molecule has 8 heteroatoms. The Morgan fingerprint density at radius 1 is 1.19 bits per heavy atom. The number of nitrogens with zero attached hydrogens (tertiary/aromatic N) is 4. The van der Waals surface area contributed by atoms with E-state index < -0.39 is 0 Å². The highest BCUT2D eigenvalue weighted by molar-refractivity contribution is 5.94. The molecule has 2 heterocycles. The Labute approximate surface area is 155 Å². The van der Waals surface area contributed by atoms with Crippen molar-refractivity contribution >= 4 is 17.7 Å². The summed E-state index contributed by atoms with van der Waals surface area (Å²) in [5.41, 5.74) is 1.41. The minimum absolute atomic E-state index is 0.0575. The maximum Gasteiger partial charge on any atom is 0.409 e. The van der Waals surface area contributed by atoms with Crippen molar-refractivity contribution in [2.75, 3.05) is 65.3 Å². The van der Waals surface area contributed by atoms with Gasteiger partial charge in [-0.25, -0.2) is 4.79 Å². The van der Waals surface area contributed by atoms with Crippen LogP contribution in [0.15, 0.2) is 18.5 Å². The molecule has 0 radical (unpaired) electrons. The molecule has 0 atom stereocenters. The number of amides is 2. The van der Waals surface area contributed by atoms with Gasteiger partial charge in [0.25, 0.3) is 5.91 Å². The number of nitrogens with one attached hydrogen (secondary N) is 1. The topological polar surface area (TPSA) is 78.0 Å². The van der Waals surface area contributed by atoms with Gasteiger partial charge in [-0.2, -0.15) is 0 Å². The third kappa shape index (κ3) is 5.87. The van der Waals surface area contributed by atoms with Gasteiger partial charge >= 0.3 is 6.09 Å². The quantitative estimate of drug-likeness (QED) is 0.737. The van der Waals surface area contributed by atoms with E-state index in [4.69, 9.17) is 4.74 Å². The van der Waals surface area contributed by atoms with Gasteiger partial charge in [0.2, 0.25) is 0 Å². The van der Waals surface area contributed by atoms with Gasteiger partial charge in [0.05, 0.1) is 17.9 Å². The number of anilines is 1. The summed E-state index contributed by atoms with van der Waals surface area (Å²) in [5.74, 6) is -0.0575. The van der Waals surface area contributed by atoms with Crippen molar-refractivity contribution in [3.63, 3.8) is 0 Å². The summed E-state index contributed by atoms with van der Waals surface area (Å²) in [4.78, 5) is 34.1. The fourth-order valence-electron chi connectivity index (χ4n) is 2.77. The largest absolute Gasteiger partial charge is 0.450 e.